The van der Waals surface area contributed by atoms with E-state index >= 15 is 0 Å². The molecule has 0 atom stereocenters. The SMILES string of the molecule is Cc1ccc([Si](Cl)Cl)c(C)c1C. The topological polar surface area (TPSA) is 0 Å². The molecule has 1 aromatic carbocycles. The van der Waals surface area contributed by atoms with E-state index in [1.54, 1.807) is 0 Å². The molecule has 0 fully saturated rings. The molecule has 12 heavy (non-hydrogen) atoms. The Hall–Kier alpha value is 0.0169. The first-order valence-electron chi connectivity index (χ1n) is 3.79. The highest BCUT2D eigenvalue weighted by Crippen LogP contribution is 2.12. The lowest BCUT2D eigenvalue weighted by atomic mass is 10.1. The standard InChI is InChI=1S/C9H11Cl2Si/c1-6-4-5-9(12(10)11)8(3)7(6)2/h4-5H,1-3H3. The molecule has 0 saturated heterocycles. The summed E-state index contributed by atoms with van der Waals surface area (Å²) in [5.41, 5.74) is 3.85. The number of halogens is 2. The van der Waals surface area contributed by atoms with Crippen molar-refractivity contribution in [2.75, 3.05) is 0 Å². The van der Waals surface area contributed by atoms with Crippen LogP contribution >= 0.6 is 22.2 Å². The van der Waals surface area contributed by atoms with Crippen molar-refractivity contribution in [2.45, 2.75) is 20.8 Å². The summed E-state index contributed by atoms with van der Waals surface area (Å²) in [7, 11) is -1.34. The predicted octanol–water partition coefficient (Wildman–Crippen LogP) is 2.78. The van der Waals surface area contributed by atoms with E-state index in [1.807, 2.05) is 6.07 Å². The molecule has 0 unspecified atom stereocenters. The molecular weight excluding hydrogens is 207 g/mol. The summed E-state index contributed by atoms with van der Waals surface area (Å²) in [4.78, 5) is 0. The fourth-order valence-corrected chi connectivity index (χ4v) is 3.07. The molecule has 65 valence electrons. The largest absolute Gasteiger partial charge is 0.307 e. The van der Waals surface area contributed by atoms with Crippen LogP contribution < -0.4 is 5.19 Å². The van der Waals surface area contributed by atoms with Crippen molar-refractivity contribution >= 4 is 34.8 Å². The molecule has 3 heteroatoms. The van der Waals surface area contributed by atoms with Gasteiger partial charge >= 0.3 is 7.42 Å². The van der Waals surface area contributed by atoms with Crippen molar-refractivity contribution in [1.82, 2.24) is 0 Å². The Labute approximate surface area is 84.5 Å². The Balaban J connectivity index is 3.27. The molecule has 0 aliphatic heterocycles. The molecule has 0 aromatic heterocycles. The normalized spacial score (nSPS) is 10.8. The fraction of sp³-hybridized carbons (Fsp3) is 0.333. The molecule has 0 nitrogen and oxygen atoms in total. The number of aryl methyl sites for hydroxylation is 1. The minimum atomic E-state index is -1.34. The van der Waals surface area contributed by atoms with E-state index in [1.165, 1.54) is 16.7 Å². The van der Waals surface area contributed by atoms with Gasteiger partial charge < -0.3 is 0 Å². The van der Waals surface area contributed by atoms with Crippen LogP contribution in [0.3, 0.4) is 0 Å². The maximum Gasteiger partial charge on any atom is 0.307 e. The fourth-order valence-electron chi connectivity index (χ4n) is 1.16. The van der Waals surface area contributed by atoms with Crippen molar-refractivity contribution in [3.8, 4) is 0 Å². The van der Waals surface area contributed by atoms with Crippen LogP contribution in [-0.4, -0.2) is 7.42 Å². The van der Waals surface area contributed by atoms with Crippen LogP contribution in [0.25, 0.3) is 0 Å². The molecule has 0 bridgehead atoms. The summed E-state index contributed by atoms with van der Waals surface area (Å²) in [6.45, 7) is 6.28. The lowest BCUT2D eigenvalue weighted by Gasteiger charge is -2.09. The van der Waals surface area contributed by atoms with E-state index in [2.05, 4.69) is 26.8 Å². The monoisotopic (exact) mass is 217 g/mol. The van der Waals surface area contributed by atoms with Crippen molar-refractivity contribution in [3.63, 3.8) is 0 Å². The van der Waals surface area contributed by atoms with Crippen molar-refractivity contribution < 1.29 is 0 Å². The average Bonchev–Trinajstić information content (AvgIpc) is 2.00. The van der Waals surface area contributed by atoms with Gasteiger partial charge in [-0.2, -0.15) is 0 Å². The number of benzene rings is 1. The van der Waals surface area contributed by atoms with Crippen LogP contribution in [0.2, 0.25) is 0 Å². The Bertz CT molecular complexity index is 295. The first kappa shape index (κ1) is 10.1. The summed E-state index contributed by atoms with van der Waals surface area (Å²) in [5.74, 6) is 0. The Morgan fingerprint density at radius 2 is 1.58 bits per heavy atom. The third-order valence-corrected chi connectivity index (χ3v) is 4.43. The van der Waals surface area contributed by atoms with E-state index in [9.17, 15) is 0 Å². The van der Waals surface area contributed by atoms with Gasteiger partial charge in [0.15, 0.2) is 0 Å². The van der Waals surface area contributed by atoms with Crippen molar-refractivity contribution in [3.05, 3.63) is 28.8 Å². The van der Waals surface area contributed by atoms with Gasteiger partial charge in [0.05, 0.1) is 0 Å². The zero-order valence-electron chi connectivity index (χ0n) is 7.41. The van der Waals surface area contributed by atoms with Gasteiger partial charge in [-0.3, -0.25) is 0 Å². The van der Waals surface area contributed by atoms with E-state index in [0.717, 1.165) is 5.19 Å². The molecular formula is C9H11Cl2Si. The van der Waals surface area contributed by atoms with E-state index in [-0.39, 0.29) is 0 Å². The highest BCUT2D eigenvalue weighted by Gasteiger charge is 2.12. The molecule has 0 aliphatic carbocycles. The predicted molar refractivity (Wildman–Crippen MR) is 57.7 cm³/mol. The molecule has 0 amide bonds. The summed E-state index contributed by atoms with van der Waals surface area (Å²) in [6, 6.07) is 4.11. The van der Waals surface area contributed by atoms with Crippen molar-refractivity contribution in [1.29, 1.82) is 0 Å². The van der Waals surface area contributed by atoms with E-state index in [0.29, 0.717) is 0 Å². The number of hydrogen-bond acceptors (Lipinski definition) is 0. The lowest BCUT2D eigenvalue weighted by molar-refractivity contribution is 1.28. The van der Waals surface area contributed by atoms with Crippen LogP contribution in [0.15, 0.2) is 12.1 Å². The van der Waals surface area contributed by atoms with Gasteiger partial charge in [-0.15, -0.1) is 22.2 Å². The van der Waals surface area contributed by atoms with Gasteiger partial charge in [-0.25, -0.2) is 0 Å². The summed E-state index contributed by atoms with van der Waals surface area (Å²) in [6.07, 6.45) is 0. The second kappa shape index (κ2) is 3.82. The van der Waals surface area contributed by atoms with E-state index in [4.69, 9.17) is 22.2 Å². The summed E-state index contributed by atoms with van der Waals surface area (Å²) < 4.78 is 0. The highest BCUT2D eigenvalue weighted by molar-refractivity contribution is 7.39. The highest BCUT2D eigenvalue weighted by atomic mass is 35.7. The zero-order chi connectivity index (χ0) is 9.30. The van der Waals surface area contributed by atoms with Gasteiger partial charge in [-0.1, -0.05) is 12.1 Å². The Morgan fingerprint density at radius 3 is 2.08 bits per heavy atom. The molecule has 0 N–H and O–H groups in total. The smallest absolute Gasteiger partial charge is 0.140 e. The Morgan fingerprint density at radius 1 is 1.00 bits per heavy atom. The molecule has 0 heterocycles. The van der Waals surface area contributed by atoms with Gasteiger partial charge in [0.2, 0.25) is 0 Å². The third-order valence-electron chi connectivity index (χ3n) is 2.26. The maximum atomic E-state index is 5.90. The maximum absolute atomic E-state index is 5.90. The second-order valence-corrected chi connectivity index (χ2v) is 6.85. The van der Waals surface area contributed by atoms with Crippen molar-refractivity contribution in [2.24, 2.45) is 0 Å². The van der Waals surface area contributed by atoms with Crippen LogP contribution in [0.1, 0.15) is 16.7 Å². The second-order valence-electron chi connectivity index (χ2n) is 2.94. The molecule has 0 aliphatic rings. The number of hydrogen-bond donors (Lipinski definition) is 0. The van der Waals surface area contributed by atoms with Gasteiger partial charge in [-0.05, 0) is 42.6 Å². The first-order chi connectivity index (χ1) is 5.54. The zero-order valence-corrected chi connectivity index (χ0v) is 9.92. The average molecular weight is 218 g/mol. The minimum absolute atomic E-state index is 1.12. The van der Waals surface area contributed by atoms with Gasteiger partial charge in [0.25, 0.3) is 0 Å². The Kier molecular flexibility index (Phi) is 3.21. The van der Waals surface area contributed by atoms with E-state index < -0.39 is 7.42 Å². The first-order valence-corrected chi connectivity index (χ1v) is 7.31. The molecule has 1 rings (SSSR count). The molecule has 0 spiro atoms. The van der Waals surface area contributed by atoms with Crippen LogP contribution in [-0.2, 0) is 0 Å². The molecule has 1 radical (unpaired) electrons. The van der Waals surface area contributed by atoms with Gasteiger partial charge in [0, 0.05) is 0 Å². The quantitative estimate of drug-likeness (QED) is 0.502. The molecule has 0 saturated carbocycles. The number of rotatable bonds is 1. The summed E-state index contributed by atoms with van der Waals surface area (Å²) in [5, 5.41) is 1.12. The lowest BCUT2D eigenvalue weighted by Crippen LogP contribution is -2.22. The van der Waals surface area contributed by atoms with Crippen LogP contribution in [0.5, 0.6) is 0 Å². The van der Waals surface area contributed by atoms with Crippen LogP contribution in [0.4, 0.5) is 0 Å². The minimum Gasteiger partial charge on any atom is -0.140 e. The third kappa shape index (κ3) is 1.84. The molecule has 1 aromatic rings. The van der Waals surface area contributed by atoms with Crippen LogP contribution in [0, 0.1) is 20.8 Å². The summed E-state index contributed by atoms with van der Waals surface area (Å²) >= 11 is 11.8. The van der Waals surface area contributed by atoms with Gasteiger partial charge in [0.1, 0.15) is 0 Å².